The maximum Gasteiger partial charge on any atom is 0.220 e. The predicted octanol–water partition coefficient (Wildman–Crippen LogP) is 3.14. The number of pyridine rings is 1. The number of aliphatic hydroxyl groups excluding tert-OH is 1. The van der Waals surface area contributed by atoms with Crippen molar-refractivity contribution in [2.24, 2.45) is 0 Å². The van der Waals surface area contributed by atoms with Gasteiger partial charge in [-0.3, -0.25) is 0 Å². The van der Waals surface area contributed by atoms with Gasteiger partial charge in [0.25, 0.3) is 0 Å². The zero-order valence-corrected chi connectivity index (χ0v) is 11.3. The van der Waals surface area contributed by atoms with Crippen molar-refractivity contribution in [3.63, 3.8) is 0 Å². The Morgan fingerprint density at radius 1 is 1.22 bits per heavy atom. The van der Waals surface area contributed by atoms with Gasteiger partial charge in [0.05, 0.1) is 13.7 Å². The normalized spacial score (nSPS) is 10.2. The molecule has 0 saturated carbocycles. The molecule has 4 nitrogen and oxygen atoms in total. The summed E-state index contributed by atoms with van der Waals surface area (Å²) >= 11 is 3.28. The molecule has 1 aromatic carbocycles. The molecule has 94 valence electrons. The fourth-order valence-electron chi connectivity index (χ4n) is 1.45. The molecule has 0 radical (unpaired) electrons. The highest BCUT2D eigenvalue weighted by Gasteiger charge is 2.07. The third kappa shape index (κ3) is 3.00. The summed E-state index contributed by atoms with van der Waals surface area (Å²) < 4.78 is 11.5. The van der Waals surface area contributed by atoms with Gasteiger partial charge in [-0.15, -0.1) is 0 Å². The van der Waals surface area contributed by atoms with Crippen LogP contribution in [0, 0.1) is 0 Å². The number of methoxy groups -OCH3 is 1. The first-order valence-electron chi connectivity index (χ1n) is 5.31. The molecular weight excluding hydrogens is 298 g/mol. The molecule has 1 heterocycles. The number of hydrogen-bond donors (Lipinski definition) is 1. The average Bonchev–Trinajstić information content (AvgIpc) is 2.39. The summed E-state index contributed by atoms with van der Waals surface area (Å²) in [7, 11) is 1.55. The van der Waals surface area contributed by atoms with Crippen molar-refractivity contribution in [2.75, 3.05) is 7.11 Å². The topological polar surface area (TPSA) is 51.6 Å². The Morgan fingerprint density at radius 2 is 2.06 bits per heavy atom. The second-order valence-corrected chi connectivity index (χ2v) is 4.36. The van der Waals surface area contributed by atoms with Crippen molar-refractivity contribution >= 4 is 15.9 Å². The lowest BCUT2D eigenvalue weighted by Gasteiger charge is -2.10. The van der Waals surface area contributed by atoms with E-state index in [0.29, 0.717) is 22.0 Å². The van der Waals surface area contributed by atoms with Crippen molar-refractivity contribution in [3.05, 3.63) is 46.6 Å². The van der Waals surface area contributed by atoms with Crippen molar-refractivity contribution in [2.45, 2.75) is 6.61 Å². The summed E-state index contributed by atoms with van der Waals surface area (Å²) in [6, 6.07) is 10.7. The number of benzene rings is 1. The van der Waals surface area contributed by atoms with Crippen molar-refractivity contribution < 1.29 is 14.6 Å². The van der Waals surface area contributed by atoms with E-state index in [1.54, 1.807) is 31.4 Å². The Hall–Kier alpha value is -1.59. The van der Waals surface area contributed by atoms with E-state index in [4.69, 9.17) is 14.6 Å². The minimum atomic E-state index is -0.0359. The molecule has 0 amide bonds. The smallest absolute Gasteiger partial charge is 0.220 e. The molecular formula is C13H12BrNO3. The Morgan fingerprint density at radius 3 is 2.72 bits per heavy atom. The average molecular weight is 310 g/mol. The van der Waals surface area contributed by atoms with E-state index in [1.165, 1.54) is 0 Å². The van der Waals surface area contributed by atoms with Crippen molar-refractivity contribution in [1.29, 1.82) is 0 Å². The third-order valence-corrected chi connectivity index (χ3v) is 2.76. The quantitative estimate of drug-likeness (QED) is 0.882. The monoisotopic (exact) mass is 309 g/mol. The molecule has 0 aliphatic heterocycles. The van der Waals surface area contributed by atoms with Crippen LogP contribution in [0.2, 0.25) is 0 Å². The summed E-state index contributed by atoms with van der Waals surface area (Å²) in [6.45, 7) is -0.0359. The van der Waals surface area contributed by atoms with Crippen LogP contribution in [0.1, 0.15) is 5.56 Å². The minimum absolute atomic E-state index is 0.0359. The number of hydrogen-bond acceptors (Lipinski definition) is 4. The lowest BCUT2D eigenvalue weighted by atomic mass is 10.2. The van der Waals surface area contributed by atoms with E-state index in [0.717, 1.165) is 5.56 Å². The summed E-state index contributed by atoms with van der Waals surface area (Å²) in [5, 5.41) is 9.06. The lowest BCUT2D eigenvalue weighted by Crippen LogP contribution is -1.94. The zero-order valence-electron chi connectivity index (χ0n) is 9.76. The first-order valence-corrected chi connectivity index (χ1v) is 6.10. The molecule has 0 aliphatic rings. The number of aromatic nitrogens is 1. The van der Waals surface area contributed by atoms with Gasteiger partial charge < -0.3 is 14.6 Å². The molecule has 0 atom stereocenters. The van der Waals surface area contributed by atoms with Gasteiger partial charge in [-0.1, -0.05) is 12.1 Å². The van der Waals surface area contributed by atoms with Crippen molar-refractivity contribution in [1.82, 2.24) is 4.98 Å². The molecule has 1 aromatic heterocycles. The zero-order chi connectivity index (χ0) is 13.0. The van der Waals surface area contributed by atoms with Gasteiger partial charge in [0.15, 0.2) is 11.5 Å². The summed E-state index contributed by atoms with van der Waals surface area (Å²) in [4.78, 5) is 4.18. The van der Waals surface area contributed by atoms with Crippen LogP contribution in [0.3, 0.4) is 0 Å². The molecule has 0 fully saturated rings. The molecule has 18 heavy (non-hydrogen) atoms. The molecule has 0 saturated heterocycles. The highest BCUT2D eigenvalue weighted by Crippen LogP contribution is 2.31. The largest absolute Gasteiger partial charge is 0.493 e. The minimum Gasteiger partial charge on any atom is -0.493 e. The van der Waals surface area contributed by atoms with Crippen LogP contribution in [0.15, 0.2) is 41.0 Å². The Labute approximate surface area is 113 Å². The van der Waals surface area contributed by atoms with Gasteiger partial charge in [-0.05, 0) is 39.7 Å². The SMILES string of the molecule is COc1cc(CO)ccc1Oc1cccc(Br)n1. The molecule has 2 aromatic rings. The Kier molecular flexibility index (Phi) is 4.17. The van der Waals surface area contributed by atoms with Crippen LogP contribution in [0.4, 0.5) is 0 Å². The van der Waals surface area contributed by atoms with Crippen LogP contribution in [0.25, 0.3) is 0 Å². The maximum atomic E-state index is 9.06. The van der Waals surface area contributed by atoms with Gasteiger partial charge in [-0.2, -0.15) is 0 Å². The van der Waals surface area contributed by atoms with Gasteiger partial charge in [0.1, 0.15) is 4.60 Å². The maximum absolute atomic E-state index is 9.06. The van der Waals surface area contributed by atoms with Gasteiger partial charge in [-0.25, -0.2) is 4.98 Å². The van der Waals surface area contributed by atoms with Crippen LogP contribution in [-0.2, 0) is 6.61 Å². The summed E-state index contributed by atoms with van der Waals surface area (Å²) in [5.41, 5.74) is 0.765. The number of ether oxygens (including phenoxy) is 2. The van der Waals surface area contributed by atoms with Crippen LogP contribution >= 0.6 is 15.9 Å². The molecule has 0 aliphatic carbocycles. The highest BCUT2D eigenvalue weighted by molar-refractivity contribution is 9.10. The molecule has 0 unspecified atom stereocenters. The van der Waals surface area contributed by atoms with E-state index in [1.807, 2.05) is 12.1 Å². The Bertz CT molecular complexity index is 546. The molecule has 0 spiro atoms. The highest BCUT2D eigenvalue weighted by atomic mass is 79.9. The molecule has 0 bridgehead atoms. The Balaban J connectivity index is 2.28. The number of rotatable bonds is 4. The van der Waals surface area contributed by atoms with E-state index in [9.17, 15) is 0 Å². The molecule has 5 heteroatoms. The van der Waals surface area contributed by atoms with Crippen LogP contribution in [-0.4, -0.2) is 17.2 Å². The summed E-state index contributed by atoms with van der Waals surface area (Å²) in [5.74, 6) is 1.59. The third-order valence-electron chi connectivity index (χ3n) is 2.31. The van der Waals surface area contributed by atoms with E-state index in [-0.39, 0.29) is 6.61 Å². The standard InChI is InChI=1S/C13H12BrNO3/c1-17-11-7-9(8-16)5-6-10(11)18-13-4-2-3-12(14)15-13/h2-7,16H,8H2,1H3. The van der Waals surface area contributed by atoms with Gasteiger partial charge >= 0.3 is 0 Å². The number of halogens is 1. The first kappa shape index (κ1) is 12.9. The predicted molar refractivity (Wildman–Crippen MR) is 70.9 cm³/mol. The first-order chi connectivity index (χ1) is 8.72. The second kappa shape index (κ2) is 5.84. The second-order valence-electron chi connectivity index (χ2n) is 3.54. The lowest BCUT2D eigenvalue weighted by molar-refractivity contribution is 0.280. The molecule has 2 rings (SSSR count). The van der Waals surface area contributed by atoms with E-state index in [2.05, 4.69) is 20.9 Å². The van der Waals surface area contributed by atoms with Crippen LogP contribution in [0.5, 0.6) is 17.4 Å². The number of nitrogens with zero attached hydrogens (tertiary/aromatic N) is 1. The van der Waals surface area contributed by atoms with Gasteiger partial charge in [0, 0.05) is 6.07 Å². The summed E-state index contributed by atoms with van der Waals surface area (Å²) in [6.07, 6.45) is 0. The van der Waals surface area contributed by atoms with E-state index >= 15 is 0 Å². The van der Waals surface area contributed by atoms with E-state index < -0.39 is 0 Å². The van der Waals surface area contributed by atoms with Crippen molar-refractivity contribution in [3.8, 4) is 17.4 Å². The number of aliphatic hydroxyl groups is 1. The fourth-order valence-corrected chi connectivity index (χ4v) is 1.78. The molecule has 1 N–H and O–H groups in total. The van der Waals surface area contributed by atoms with Crippen LogP contribution < -0.4 is 9.47 Å². The fraction of sp³-hybridized carbons (Fsp3) is 0.154. The van der Waals surface area contributed by atoms with Gasteiger partial charge in [0.2, 0.25) is 5.88 Å².